The normalized spacial score (nSPS) is 17.4. The minimum atomic E-state index is -4.89. The van der Waals surface area contributed by atoms with Crippen molar-refractivity contribution in [2.75, 3.05) is 26.2 Å². The van der Waals surface area contributed by atoms with E-state index in [-0.39, 0.29) is 18.4 Å². The number of halogens is 5. The summed E-state index contributed by atoms with van der Waals surface area (Å²) in [5.74, 6) is -1.77. The third kappa shape index (κ3) is 5.82. The summed E-state index contributed by atoms with van der Waals surface area (Å²) in [7, 11) is 0. The van der Waals surface area contributed by atoms with Crippen LogP contribution in [0.15, 0.2) is 18.2 Å². The number of rotatable bonds is 5. The molecule has 1 aromatic carbocycles. The summed E-state index contributed by atoms with van der Waals surface area (Å²) < 4.78 is 54.1. The van der Waals surface area contributed by atoms with Crippen LogP contribution in [0.3, 0.4) is 0 Å². The Balaban J connectivity index is 0.00000264. The fourth-order valence-corrected chi connectivity index (χ4v) is 2.76. The quantitative estimate of drug-likeness (QED) is 0.810. The van der Waals surface area contributed by atoms with E-state index in [0.29, 0.717) is 5.56 Å². The molecule has 1 N–H and O–H groups in total. The smallest absolute Gasteiger partial charge is 0.403 e. The van der Waals surface area contributed by atoms with Crippen molar-refractivity contribution in [3.05, 3.63) is 29.6 Å². The predicted octanol–water partition coefficient (Wildman–Crippen LogP) is 3.89. The van der Waals surface area contributed by atoms with E-state index in [1.54, 1.807) is 0 Å². The lowest BCUT2D eigenvalue weighted by molar-refractivity contribution is -0.275. The molecule has 0 aromatic heterocycles. The fourth-order valence-electron chi connectivity index (χ4n) is 2.76. The second-order valence-electron chi connectivity index (χ2n) is 5.33. The van der Waals surface area contributed by atoms with Crippen LogP contribution in [0.2, 0.25) is 0 Å². The van der Waals surface area contributed by atoms with E-state index < -0.39 is 17.9 Å². The van der Waals surface area contributed by atoms with Crippen LogP contribution in [0, 0.1) is 5.82 Å². The lowest BCUT2D eigenvalue weighted by Crippen LogP contribution is -2.45. The molecule has 8 heteroatoms. The molecule has 1 heterocycles. The number of nitrogens with zero attached hydrogens (tertiary/aromatic N) is 1. The zero-order chi connectivity index (χ0) is 16.2. The number of alkyl halides is 3. The first-order chi connectivity index (χ1) is 10.4. The lowest BCUT2D eigenvalue weighted by atomic mass is 9.99. The second kappa shape index (κ2) is 8.70. The highest BCUT2D eigenvalue weighted by Gasteiger charge is 2.32. The Morgan fingerprint density at radius 3 is 2.43 bits per heavy atom. The summed E-state index contributed by atoms with van der Waals surface area (Å²) in [6, 6.07) is 3.75. The van der Waals surface area contributed by atoms with Crippen LogP contribution in [-0.2, 0) is 0 Å². The summed E-state index contributed by atoms with van der Waals surface area (Å²) in [5.41, 5.74) is 0.691. The van der Waals surface area contributed by atoms with Gasteiger partial charge in [0.2, 0.25) is 0 Å². The Bertz CT molecular complexity index is 493. The van der Waals surface area contributed by atoms with Crippen molar-refractivity contribution in [3.63, 3.8) is 0 Å². The van der Waals surface area contributed by atoms with Crippen molar-refractivity contribution in [1.29, 1.82) is 0 Å². The van der Waals surface area contributed by atoms with Gasteiger partial charge in [-0.15, -0.1) is 25.6 Å². The van der Waals surface area contributed by atoms with Gasteiger partial charge in [0, 0.05) is 32.2 Å². The molecule has 1 aromatic rings. The Kier molecular flexibility index (Phi) is 7.57. The molecule has 23 heavy (non-hydrogen) atoms. The molecule has 1 fully saturated rings. The summed E-state index contributed by atoms with van der Waals surface area (Å²) >= 11 is 0. The first-order valence-corrected chi connectivity index (χ1v) is 7.40. The third-order valence-corrected chi connectivity index (χ3v) is 3.72. The topological polar surface area (TPSA) is 24.5 Å². The maximum atomic E-state index is 13.9. The standard InChI is InChI=1S/C15H20F4N2O.ClH/c1-2-3-13(21-8-6-20-7-9-21)11-4-5-14(12(16)10-11)22-15(17,18)19;/h4-5,10,13,20H,2-3,6-9H2,1H3;1H/t13-;/m0./s1. The molecule has 0 aliphatic carbocycles. The van der Waals surface area contributed by atoms with Crippen LogP contribution in [0.1, 0.15) is 31.4 Å². The third-order valence-electron chi connectivity index (χ3n) is 3.72. The van der Waals surface area contributed by atoms with Crippen molar-refractivity contribution in [3.8, 4) is 5.75 Å². The van der Waals surface area contributed by atoms with Crippen molar-refractivity contribution < 1.29 is 22.3 Å². The maximum absolute atomic E-state index is 13.9. The number of ether oxygens (including phenoxy) is 1. The van der Waals surface area contributed by atoms with Gasteiger partial charge in [0.05, 0.1) is 0 Å². The van der Waals surface area contributed by atoms with E-state index in [1.165, 1.54) is 6.07 Å². The Morgan fingerprint density at radius 2 is 1.91 bits per heavy atom. The molecule has 0 saturated carbocycles. The van der Waals surface area contributed by atoms with Gasteiger partial charge >= 0.3 is 6.36 Å². The van der Waals surface area contributed by atoms with Gasteiger partial charge in [-0.2, -0.15) is 0 Å². The summed E-state index contributed by atoms with van der Waals surface area (Å²) in [4.78, 5) is 2.24. The minimum Gasteiger partial charge on any atom is -0.403 e. The molecular weight excluding hydrogens is 336 g/mol. The highest BCUT2D eigenvalue weighted by Crippen LogP contribution is 2.31. The van der Waals surface area contributed by atoms with Gasteiger partial charge in [0.25, 0.3) is 0 Å². The van der Waals surface area contributed by atoms with Crippen molar-refractivity contribution in [1.82, 2.24) is 10.2 Å². The molecule has 0 amide bonds. The lowest BCUT2D eigenvalue weighted by Gasteiger charge is -2.35. The first-order valence-electron chi connectivity index (χ1n) is 7.40. The van der Waals surface area contributed by atoms with E-state index in [4.69, 9.17) is 0 Å². The fraction of sp³-hybridized carbons (Fsp3) is 0.600. The van der Waals surface area contributed by atoms with Crippen LogP contribution in [-0.4, -0.2) is 37.4 Å². The maximum Gasteiger partial charge on any atom is 0.573 e. The van der Waals surface area contributed by atoms with Gasteiger partial charge < -0.3 is 10.1 Å². The van der Waals surface area contributed by atoms with Crippen LogP contribution < -0.4 is 10.1 Å². The van der Waals surface area contributed by atoms with Crippen molar-refractivity contribution in [2.24, 2.45) is 0 Å². The van der Waals surface area contributed by atoms with E-state index in [0.717, 1.165) is 51.2 Å². The molecule has 132 valence electrons. The molecule has 1 aliphatic heterocycles. The van der Waals surface area contributed by atoms with Gasteiger partial charge in [-0.05, 0) is 24.1 Å². The number of benzene rings is 1. The van der Waals surface area contributed by atoms with Crippen LogP contribution in [0.4, 0.5) is 17.6 Å². The zero-order valence-electron chi connectivity index (χ0n) is 12.8. The van der Waals surface area contributed by atoms with Gasteiger partial charge in [-0.1, -0.05) is 19.4 Å². The first kappa shape index (κ1) is 20.0. The van der Waals surface area contributed by atoms with E-state index >= 15 is 0 Å². The van der Waals surface area contributed by atoms with Gasteiger partial charge in [0.1, 0.15) is 0 Å². The van der Waals surface area contributed by atoms with Crippen LogP contribution in [0.5, 0.6) is 5.75 Å². The number of piperazine rings is 1. The summed E-state index contributed by atoms with van der Waals surface area (Å²) in [5, 5.41) is 3.25. The molecule has 1 saturated heterocycles. The Labute approximate surface area is 139 Å². The Morgan fingerprint density at radius 1 is 1.26 bits per heavy atom. The molecular formula is C15H21ClF4N2O. The molecule has 0 radical (unpaired) electrons. The number of hydrogen-bond donors (Lipinski definition) is 1. The van der Waals surface area contributed by atoms with Crippen LogP contribution in [0.25, 0.3) is 0 Å². The van der Waals surface area contributed by atoms with Gasteiger partial charge in [-0.25, -0.2) is 4.39 Å². The second-order valence-corrected chi connectivity index (χ2v) is 5.33. The summed E-state index contributed by atoms with van der Waals surface area (Å²) in [6.07, 6.45) is -3.14. The molecule has 2 rings (SSSR count). The SMILES string of the molecule is CCC[C@@H](c1ccc(OC(F)(F)F)c(F)c1)N1CCNCC1.Cl. The Hall–Kier alpha value is -1.05. The van der Waals surface area contributed by atoms with E-state index in [1.807, 2.05) is 6.92 Å². The molecule has 0 unspecified atom stereocenters. The number of hydrogen-bond acceptors (Lipinski definition) is 3. The van der Waals surface area contributed by atoms with Crippen molar-refractivity contribution in [2.45, 2.75) is 32.2 Å². The zero-order valence-corrected chi connectivity index (χ0v) is 13.6. The highest BCUT2D eigenvalue weighted by atomic mass is 35.5. The van der Waals surface area contributed by atoms with Gasteiger partial charge in [-0.3, -0.25) is 4.90 Å². The molecule has 1 aliphatic rings. The molecule has 1 atom stereocenters. The minimum absolute atomic E-state index is 0. The summed E-state index contributed by atoms with van der Waals surface area (Å²) in [6.45, 7) is 5.43. The highest BCUT2D eigenvalue weighted by molar-refractivity contribution is 5.85. The molecule has 0 bridgehead atoms. The van der Waals surface area contributed by atoms with E-state index in [9.17, 15) is 17.6 Å². The van der Waals surface area contributed by atoms with Gasteiger partial charge in [0.15, 0.2) is 11.6 Å². The van der Waals surface area contributed by atoms with Crippen LogP contribution >= 0.6 is 12.4 Å². The number of nitrogens with one attached hydrogen (secondary N) is 1. The molecule has 0 spiro atoms. The van der Waals surface area contributed by atoms with Crippen molar-refractivity contribution >= 4 is 12.4 Å². The monoisotopic (exact) mass is 356 g/mol. The average Bonchev–Trinajstić information content (AvgIpc) is 2.47. The molecule has 3 nitrogen and oxygen atoms in total. The predicted molar refractivity (Wildman–Crippen MR) is 82.4 cm³/mol. The largest absolute Gasteiger partial charge is 0.573 e. The van der Waals surface area contributed by atoms with E-state index in [2.05, 4.69) is 15.0 Å². The average molecular weight is 357 g/mol.